The van der Waals surface area contributed by atoms with Crippen LogP contribution in [0.15, 0.2) is 21.2 Å². The molecule has 0 aromatic heterocycles. The van der Waals surface area contributed by atoms with Gasteiger partial charge in [-0.05, 0) is 12.8 Å². The average molecular weight is 300 g/mol. The Kier molecular flexibility index (Phi) is 3.37. The molecule has 2 aliphatic carbocycles. The van der Waals surface area contributed by atoms with Crippen molar-refractivity contribution in [2.75, 3.05) is 0 Å². The number of carbonyl (C=O) groups excluding carboxylic acids is 2. The fraction of sp³-hybridized carbons (Fsp3) is 0.400. The highest BCUT2D eigenvalue weighted by atomic mass is 35.5. The molecule has 2 rings (SSSR count). The third-order valence-electron chi connectivity index (χ3n) is 2.69. The predicted molar refractivity (Wildman–Crippen MR) is 64.3 cm³/mol. The minimum absolute atomic E-state index is 0.220. The molecule has 0 aromatic rings. The lowest BCUT2D eigenvalue weighted by Gasteiger charge is -2.28. The highest BCUT2D eigenvalue weighted by Crippen LogP contribution is 2.40. The number of ketones is 2. The van der Waals surface area contributed by atoms with E-state index >= 15 is 0 Å². The Morgan fingerprint density at radius 1 is 0.812 bits per heavy atom. The zero-order chi connectivity index (χ0) is 12.0. The van der Waals surface area contributed by atoms with Crippen LogP contribution in [0, 0.1) is 0 Å². The van der Waals surface area contributed by atoms with Crippen LogP contribution in [0.1, 0.15) is 12.8 Å². The van der Waals surface area contributed by atoms with Crippen LogP contribution < -0.4 is 0 Å². The minimum Gasteiger partial charge on any atom is -0.288 e. The smallest absolute Gasteiger partial charge is 0.202 e. The van der Waals surface area contributed by atoms with Gasteiger partial charge in [0, 0.05) is 11.1 Å². The van der Waals surface area contributed by atoms with Crippen molar-refractivity contribution >= 4 is 58.0 Å². The number of Topliss-reactive ketones (excluding diaryl/α,β-unsaturated/α-hetero) is 2. The van der Waals surface area contributed by atoms with E-state index in [1.54, 1.807) is 0 Å². The van der Waals surface area contributed by atoms with E-state index in [0.29, 0.717) is 11.1 Å². The van der Waals surface area contributed by atoms with Crippen molar-refractivity contribution in [3.8, 4) is 0 Å². The van der Waals surface area contributed by atoms with Crippen molar-refractivity contribution in [1.29, 1.82) is 0 Å². The quantitative estimate of drug-likeness (QED) is 0.509. The monoisotopic (exact) mass is 298 g/mol. The van der Waals surface area contributed by atoms with Gasteiger partial charge in [0.1, 0.15) is 10.1 Å². The molecule has 0 amide bonds. The highest BCUT2D eigenvalue weighted by molar-refractivity contribution is 6.59. The Morgan fingerprint density at radius 3 is 1.44 bits per heavy atom. The number of alkyl halides is 2. The average Bonchev–Trinajstić information content (AvgIpc) is 2.26. The number of hydrogen-bond donors (Lipinski definition) is 0. The molecule has 0 aliphatic heterocycles. The predicted octanol–water partition coefficient (Wildman–Crippen LogP) is 3.13. The van der Waals surface area contributed by atoms with E-state index in [-0.39, 0.29) is 33.7 Å². The van der Waals surface area contributed by atoms with Crippen molar-refractivity contribution in [3.63, 3.8) is 0 Å². The van der Waals surface area contributed by atoms with Crippen molar-refractivity contribution in [3.05, 3.63) is 21.2 Å². The topological polar surface area (TPSA) is 34.1 Å². The molecule has 0 bridgehead atoms. The summed E-state index contributed by atoms with van der Waals surface area (Å²) in [6, 6.07) is 0. The lowest BCUT2D eigenvalue weighted by atomic mass is 9.83. The molecular weight excluding hydrogens is 294 g/mol. The summed E-state index contributed by atoms with van der Waals surface area (Å²) in [6.45, 7) is 0. The van der Waals surface area contributed by atoms with Crippen LogP contribution in [-0.4, -0.2) is 22.3 Å². The molecule has 0 heterocycles. The lowest BCUT2D eigenvalue weighted by Crippen LogP contribution is -2.31. The molecule has 86 valence electrons. The van der Waals surface area contributed by atoms with Gasteiger partial charge in [-0.2, -0.15) is 0 Å². The van der Waals surface area contributed by atoms with E-state index < -0.39 is 11.6 Å². The maximum atomic E-state index is 11.8. The van der Waals surface area contributed by atoms with Crippen LogP contribution in [0.3, 0.4) is 0 Å². The van der Waals surface area contributed by atoms with Gasteiger partial charge in [-0.25, -0.2) is 0 Å². The van der Waals surface area contributed by atoms with E-state index in [0.717, 1.165) is 0 Å². The van der Waals surface area contributed by atoms with Gasteiger partial charge < -0.3 is 0 Å². The second-order valence-electron chi connectivity index (χ2n) is 3.68. The second kappa shape index (κ2) is 4.34. The largest absolute Gasteiger partial charge is 0.288 e. The van der Waals surface area contributed by atoms with Gasteiger partial charge in [0.2, 0.25) is 11.6 Å². The Balaban J connectivity index is 2.48. The van der Waals surface area contributed by atoms with Gasteiger partial charge in [-0.15, -0.1) is 23.2 Å². The summed E-state index contributed by atoms with van der Waals surface area (Å²) in [5.74, 6) is -0.814. The molecule has 0 saturated carbocycles. The first-order valence-electron chi connectivity index (χ1n) is 4.58. The van der Waals surface area contributed by atoms with Gasteiger partial charge in [0.15, 0.2) is 0 Å². The summed E-state index contributed by atoms with van der Waals surface area (Å²) in [6.07, 6.45) is 0.520. The Morgan fingerprint density at radius 2 is 1.12 bits per heavy atom. The van der Waals surface area contributed by atoms with E-state index in [4.69, 9.17) is 46.4 Å². The zero-order valence-corrected chi connectivity index (χ0v) is 10.9. The van der Waals surface area contributed by atoms with Gasteiger partial charge in [-0.1, -0.05) is 23.2 Å². The van der Waals surface area contributed by atoms with E-state index in [2.05, 4.69) is 0 Å². The van der Waals surface area contributed by atoms with Crippen molar-refractivity contribution in [1.82, 2.24) is 0 Å². The van der Waals surface area contributed by atoms with Crippen molar-refractivity contribution < 1.29 is 9.59 Å². The van der Waals surface area contributed by atoms with Gasteiger partial charge in [-0.3, -0.25) is 9.59 Å². The first kappa shape index (κ1) is 12.4. The summed E-state index contributed by atoms with van der Waals surface area (Å²) in [5.41, 5.74) is 0.715. The van der Waals surface area contributed by atoms with E-state index in [1.807, 2.05) is 0 Å². The van der Waals surface area contributed by atoms with Gasteiger partial charge in [0.05, 0.1) is 10.8 Å². The Labute approximate surface area is 112 Å². The fourth-order valence-corrected chi connectivity index (χ4v) is 2.70. The molecule has 2 nitrogen and oxygen atoms in total. The molecule has 2 atom stereocenters. The first-order chi connectivity index (χ1) is 7.43. The first-order valence-corrected chi connectivity index (χ1v) is 6.21. The zero-order valence-electron chi connectivity index (χ0n) is 7.90. The van der Waals surface area contributed by atoms with Crippen LogP contribution in [0.2, 0.25) is 0 Å². The summed E-state index contributed by atoms with van der Waals surface area (Å²) in [4.78, 5) is 23.6. The molecule has 0 fully saturated rings. The molecular formula is C10H6Cl4O2. The molecule has 16 heavy (non-hydrogen) atoms. The fourth-order valence-electron chi connectivity index (χ4n) is 1.82. The lowest BCUT2D eigenvalue weighted by molar-refractivity contribution is -0.116. The number of halogens is 4. The van der Waals surface area contributed by atoms with Crippen LogP contribution in [0.25, 0.3) is 0 Å². The molecule has 2 unspecified atom stereocenters. The second-order valence-corrected chi connectivity index (χ2v) is 5.56. The van der Waals surface area contributed by atoms with Crippen LogP contribution in [-0.2, 0) is 9.59 Å². The molecule has 0 N–H and O–H groups in total. The number of hydrogen-bond acceptors (Lipinski definition) is 2. The number of rotatable bonds is 0. The van der Waals surface area contributed by atoms with Crippen LogP contribution >= 0.6 is 46.4 Å². The number of carbonyl (C=O) groups is 2. The normalized spacial score (nSPS) is 31.0. The molecule has 0 saturated heterocycles. The maximum absolute atomic E-state index is 11.8. The summed E-state index contributed by atoms with van der Waals surface area (Å²) in [7, 11) is 0. The van der Waals surface area contributed by atoms with Crippen LogP contribution in [0.5, 0.6) is 0 Å². The standard InChI is InChI=1S/C10H6Cl4O2/c11-5-1-3-4(2-6(5)12)10(16)8(14)7(13)9(3)15/h5-6H,1-2H2. The van der Waals surface area contributed by atoms with Gasteiger partial charge >= 0.3 is 0 Å². The SMILES string of the molecule is O=C1C(Cl)=C(Cl)C(=O)C2=C1CC(Cl)C(Cl)C2. The van der Waals surface area contributed by atoms with Crippen molar-refractivity contribution in [2.45, 2.75) is 23.6 Å². The number of allylic oxidation sites excluding steroid dienone is 4. The Bertz CT molecular complexity index is 410. The van der Waals surface area contributed by atoms with Crippen LogP contribution in [0.4, 0.5) is 0 Å². The molecule has 2 aliphatic rings. The third kappa shape index (κ3) is 1.82. The summed E-state index contributed by atoms with van der Waals surface area (Å²) in [5, 5.41) is -1.17. The van der Waals surface area contributed by atoms with Crippen molar-refractivity contribution in [2.24, 2.45) is 0 Å². The Hall–Kier alpha value is -0.0200. The third-order valence-corrected chi connectivity index (χ3v) is 4.56. The molecule has 6 heteroatoms. The van der Waals surface area contributed by atoms with Gasteiger partial charge in [0.25, 0.3) is 0 Å². The summed E-state index contributed by atoms with van der Waals surface area (Å²) >= 11 is 23.3. The summed E-state index contributed by atoms with van der Waals surface area (Å²) < 4.78 is 0. The van der Waals surface area contributed by atoms with E-state index in [1.165, 1.54) is 0 Å². The minimum atomic E-state index is -0.407. The molecule has 0 radical (unpaired) electrons. The molecule has 0 aromatic carbocycles. The maximum Gasteiger partial charge on any atom is 0.202 e. The highest BCUT2D eigenvalue weighted by Gasteiger charge is 2.39. The van der Waals surface area contributed by atoms with E-state index in [9.17, 15) is 9.59 Å². The molecule has 0 spiro atoms.